The molecule has 0 unspecified atom stereocenters. The SMILES string of the molecule is CCN(CC(=O)Nc1ccc(S(=O)(=O)N(C)C)cc1)Cc1nc2ccccc2c(=O)[nH]1. The Morgan fingerprint density at radius 3 is 2.42 bits per heavy atom. The summed E-state index contributed by atoms with van der Waals surface area (Å²) in [5.74, 6) is 0.227. The van der Waals surface area contributed by atoms with E-state index in [9.17, 15) is 18.0 Å². The first-order chi connectivity index (χ1) is 14.7. The van der Waals surface area contributed by atoms with Gasteiger partial charge in [-0.05, 0) is 42.9 Å². The summed E-state index contributed by atoms with van der Waals surface area (Å²) in [4.78, 5) is 33.9. The molecule has 0 aliphatic carbocycles. The van der Waals surface area contributed by atoms with Gasteiger partial charge in [-0.25, -0.2) is 17.7 Å². The number of likely N-dealkylation sites (N-methyl/N-ethyl adjacent to an activating group) is 1. The van der Waals surface area contributed by atoms with Crippen molar-refractivity contribution < 1.29 is 13.2 Å². The first kappa shape index (κ1) is 22.6. The van der Waals surface area contributed by atoms with E-state index in [2.05, 4.69) is 15.3 Å². The number of para-hydroxylation sites is 1. The smallest absolute Gasteiger partial charge is 0.258 e. The highest BCUT2D eigenvalue weighted by molar-refractivity contribution is 7.89. The number of sulfonamides is 1. The summed E-state index contributed by atoms with van der Waals surface area (Å²) in [6, 6.07) is 13.1. The lowest BCUT2D eigenvalue weighted by Gasteiger charge is -2.19. The molecule has 0 fully saturated rings. The Hall–Kier alpha value is -3.08. The average molecular weight is 444 g/mol. The van der Waals surface area contributed by atoms with E-state index in [-0.39, 0.29) is 22.9 Å². The quantitative estimate of drug-likeness (QED) is 0.547. The van der Waals surface area contributed by atoms with E-state index in [1.807, 2.05) is 17.9 Å². The minimum atomic E-state index is -3.52. The molecule has 0 saturated heterocycles. The van der Waals surface area contributed by atoms with Crippen LogP contribution in [0.15, 0.2) is 58.2 Å². The van der Waals surface area contributed by atoms with Crippen LogP contribution in [0.25, 0.3) is 10.9 Å². The van der Waals surface area contributed by atoms with Gasteiger partial charge in [-0.2, -0.15) is 0 Å². The largest absolute Gasteiger partial charge is 0.325 e. The summed E-state index contributed by atoms with van der Waals surface area (Å²) >= 11 is 0. The number of benzene rings is 2. The second-order valence-corrected chi connectivity index (χ2v) is 9.34. The van der Waals surface area contributed by atoms with Crippen molar-refractivity contribution >= 4 is 32.5 Å². The predicted molar refractivity (Wildman–Crippen MR) is 119 cm³/mol. The van der Waals surface area contributed by atoms with E-state index in [4.69, 9.17) is 0 Å². The number of nitrogens with one attached hydrogen (secondary N) is 2. The van der Waals surface area contributed by atoms with Crippen LogP contribution in [0.4, 0.5) is 5.69 Å². The zero-order chi connectivity index (χ0) is 22.6. The fourth-order valence-electron chi connectivity index (χ4n) is 3.03. The summed E-state index contributed by atoms with van der Waals surface area (Å²) < 4.78 is 25.4. The van der Waals surface area contributed by atoms with Crippen LogP contribution in [0.1, 0.15) is 12.7 Å². The van der Waals surface area contributed by atoms with Crippen LogP contribution in [0.3, 0.4) is 0 Å². The number of rotatable bonds is 8. The standard InChI is InChI=1S/C21H25N5O4S/c1-4-26(13-19-23-18-8-6-5-7-17(18)21(28)24-19)14-20(27)22-15-9-11-16(12-10-15)31(29,30)25(2)3/h5-12H,4,13-14H2,1-3H3,(H,22,27)(H,23,24,28). The van der Waals surface area contributed by atoms with Crippen molar-refractivity contribution in [3.05, 3.63) is 64.7 Å². The zero-order valence-electron chi connectivity index (χ0n) is 17.6. The number of hydrogen-bond donors (Lipinski definition) is 2. The number of nitrogens with zero attached hydrogens (tertiary/aromatic N) is 3. The zero-order valence-corrected chi connectivity index (χ0v) is 18.4. The van der Waals surface area contributed by atoms with Crippen molar-refractivity contribution in [1.82, 2.24) is 19.2 Å². The summed E-state index contributed by atoms with van der Waals surface area (Å²) in [7, 11) is -0.602. The summed E-state index contributed by atoms with van der Waals surface area (Å²) in [6.07, 6.45) is 0. The maximum atomic E-state index is 12.5. The number of hydrogen-bond acceptors (Lipinski definition) is 6. The van der Waals surface area contributed by atoms with Crippen LogP contribution in [0.2, 0.25) is 0 Å². The Morgan fingerprint density at radius 2 is 1.77 bits per heavy atom. The van der Waals surface area contributed by atoms with E-state index in [0.717, 1.165) is 4.31 Å². The van der Waals surface area contributed by atoms with E-state index in [0.29, 0.717) is 35.5 Å². The number of H-pyrrole nitrogens is 1. The van der Waals surface area contributed by atoms with Gasteiger partial charge >= 0.3 is 0 Å². The van der Waals surface area contributed by atoms with Gasteiger partial charge < -0.3 is 10.3 Å². The monoisotopic (exact) mass is 443 g/mol. The molecule has 0 atom stereocenters. The van der Waals surface area contributed by atoms with Crippen molar-refractivity contribution in [3.63, 3.8) is 0 Å². The Labute approximate surface area is 180 Å². The topological polar surface area (TPSA) is 115 Å². The van der Waals surface area contributed by atoms with E-state index in [1.165, 1.54) is 26.2 Å². The third kappa shape index (κ3) is 5.35. The van der Waals surface area contributed by atoms with Gasteiger partial charge in [-0.3, -0.25) is 14.5 Å². The van der Waals surface area contributed by atoms with Crippen molar-refractivity contribution in [3.8, 4) is 0 Å². The lowest BCUT2D eigenvalue weighted by Crippen LogP contribution is -2.33. The van der Waals surface area contributed by atoms with E-state index in [1.54, 1.807) is 30.3 Å². The molecule has 31 heavy (non-hydrogen) atoms. The maximum Gasteiger partial charge on any atom is 0.258 e. The second kappa shape index (κ2) is 9.38. The number of carbonyl (C=O) groups is 1. The molecule has 0 aliphatic rings. The maximum absolute atomic E-state index is 12.5. The van der Waals surface area contributed by atoms with E-state index < -0.39 is 10.0 Å². The Morgan fingerprint density at radius 1 is 1.10 bits per heavy atom. The average Bonchev–Trinajstić information content (AvgIpc) is 2.73. The lowest BCUT2D eigenvalue weighted by molar-refractivity contribution is -0.117. The molecule has 0 radical (unpaired) electrons. The van der Waals surface area contributed by atoms with Gasteiger partial charge in [-0.1, -0.05) is 19.1 Å². The van der Waals surface area contributed by atoms with Crippen molar-refractivity contribution in [2.24, 2.45) is 0 Å². The molecule has 10 heteroatoms. The molecule has 3 rings (SSSR count). The third-order valence-corrected chi connectivity index (χ3v) is 6.60. The van der Waals surface area contributed by atoms with Crippen LogP contribution in [0, 0.1) is 0 Å². The van der Waals surface area contributed by atoms with Crippen LogP contribution in [0.5, 0.6) is 0 Å². The van der Waals surface area contributed by atoms with Gasteiger partial charge in [-0.15, -0.1) is 0 Å². The van der Waals surface area contributed by atoms with Gasteiger partial charge in [0.05, 0.1) is 28.9 Å². The fourth-order valence-corrected chi connectivity index (χ4v) is 3.93. The first-order valence-corrected chi connectivity index (χ1v) is 11.2. The Kier molecular flexibility index (Phi) is 6.84. The minimum Gasteiger partial charge on any atom is -0.325 e. The third-order valence-electron chi connectivity index (χ3n) is 4.77. The number of anilines is 1. The number of amides is 1. The van der Waals surface area contributed by atoms with Gasteiger partial charge in [0.25, 0.3) is 5.56 Å². The molecule has 0 saturated carbocycles. The van der Waals surface area contributed by atoms with Gasteiger partial charge in [0.15, 0.2) is 0 Å². The number of aromatic amines is 1. The van der Waals surface area contributed by atoms with Gasteiger partial charge in [0.1, 0.15) is 5.82 Å². The molecule has 2 N–H and O–H groups in total. The highest BCUT2D eigenvalue weighted by Crippen LogP contribution is 2.16. The van der Waals surface area contributed by atoms with Crippen LogP contribution < -0.4 is 10.9 Å². The minimum absolute atomic E-state index is 0.0881. The van der Waals surface area contributed by atoms with Gasteiger partial charge in [0, 0.05) is 19.8 Å². The van der Waals surface area contributed by atoms with Crippen LogP contribution in [-0.4, -0.2) is 60.7 Å². The summed E-state index contributed by atoms with van der Waals surface area (Å²) in [5, 5.41) is 3.28. The fraction of sp³-hybridized carbons (Fsp3) is 0.286. The molecule has 0 bridgehead atoms. The molecule has 1 amide bonds. The molecule has 164 valence electrons. The van der Waals surface area contributed by atoms with Crippen LogP contribution in [-0.2, 0) is 21.4 Å². The molecule has 9 nitrogen and oxygen atoms in total. The van der Waals surface area contributed by atoms with E-state index >= 15 is 0 Å². The molecule has 0 spiro atoms. The normalized spacial score (nSPS) is 11.9. The lowest BCUT2D eigenvalue weighted by atomic mass is 10.2. The highest BCUT2D eigenvalue weighted by atomic mass is 32.2. The molecule has 2 aromatic carbocycles. The van der Waals surface area contributed by atoms with Crippen molar-refractivity contribution in [2.45, 2.75) is 18.4 Å². The summed E-state index contributed by atoms with van der Waals surface area (Å²) in [6.45, 7) is 2.88. The van der Waals surface area contributed by atoms with Crippen molar-refractivity contribution in [2.75, 3.05) is 32.5 Å². The summed E-state index contributed by atoms with van der Waals surface area (Å²) in [5.41, 5.74) is 0.888. The first-order valence-electron chi connectivity index (χ1n) is 9.73. The number of fused-ring (bicyclic) bond motifs is 1. The Bertz CT molecular complexity index is 1240. The second-order valence-electron chi connectivity index (χ2n) is 7.19. The van der Waals surface area contributed by atoms with Crippen molar-refractivity contribution in [1.29, 1.82) is 0 Å². The highest BCUT2D eigenvalue weighted by Gasteiger charge is 2.17. The number of carbonyl (C=O) groups excluding carboxylic acids is 1. The van der Waals surface area contributed by atoms with Crippen LogP contribution >= 0.6 is 0 Å². The Balaban J connectivity index is 1.66. The van der Waals surface area contributed by atoms with Gasteiger partial charge in [0.2, 0.25) is 15.9 Å². The predicted octanol–water partition coefficient (Wildman–Crippen LogP) is 1.63. The molecule has 1 heterocycles. The molecular formula is C21H25N5O4S. The number of aromatic nitrogens is 2. The molecular weight excluding hydrogens is 418 g/mol. The molecule has 0 aliphatic heterocycles. The molecule has 1 aromatic heterocycles. The molecule has 3 aromatic rings.